The maximum absolute atomic E-state index is 12.9. The first-order valence-corrected chi connectivity index (χ1v) is 10.6. The fraction of sp³-hybridized carbons (Fsp3) is 0.333. The summed E-state index contributed by atoms with van der Waals surface area (Å²) in [5.41, 5.74) is 2.56. The van der Waals surface area contributed by atoms with Gasteiger partial charge in [-0.3, -0.25) is 9.48 Å². The van der Waals surface area contributed by atoms with Crippen LogP contribution in [0.2, 0.25) is 0 Å². The van der Waals surface area contributed by atoms with Crippen LogP contribution in [0.3, 0.4) is 0 Å². The number of para-hydroxylation sites is 1. The third kappa shape index (κ3) is 4.72. The van der Waals surface area contributed by atoms with Crippen LogP contribution >= 0.6 is 0 Å². The molecule has 8 heteroatoms. The average Bonchev–Trinajstić information content (AvgIpc) is 3.22. The van der Waals surface area contributed by atoms with Crippen molar-refractivity contribution in [3.05, 3.63) is 59.9 Å². The van der Waals surface area contributed by atoms with E-state index in [-0.39, 0.29) is 18.1 Å². The second-order valence-corrected chi connectivity index (χ2v) is 7.80. The molecule has 0 bridgehead atoms. The minimum absolute atomic E-state index is 0.0532. The Hall–Kier alpha value is -3.86. The number of nitriles is 1. The molecule has 1 amide bonds. The first kappa shape index (κ1) is 21.4. The van der Waals surface area contributed by atoms with Gasteiger partial charge in [-0.15, -0.1) is 0 Å². The number of benzene rings is 1. The molecule has 1 aliphatic rings. The highest BCUT2D eigenvalue weighted by molar-refractivity contribution is 5.94. The predicted octanol–water partition coefficient (Wildman–Crippen LogP) is 3.48. The fourth-order valence-corrected chi connectivity index (χ4v) is 3.94. The maximum Gasteiger partial charge on any atom is 0.269 e. The van der Waals surface area contributed by atoms with Crippen LogP contribution in [0, 0.1) is 11.3 Å². The third-order valence-electron chi connectivity index (χ3n) is 5.66. The minimum Gasteiger partial charge on any atom is -0.496 e. The standard InChI is InChI=1S/C24H25N5O3/c1-29-21(13-20(28-29)19-5-3-4-6-22(19)31-2)24(30)27-17-8-10-18(11-9-17)32-23-12-7-16(14-25)15-26-23/h3-7,12-13,15,17-18H,8-11H2,1-2H3,(H,27,30). The smallest absolute Gasteiger partial charge is 0.269 e. The molecule has 0 radical (unpaired) electrons. The lowest BCUT2D eigenvalue weighted by molar-refractivity contribution is 0.0881. The first-order valence-electron chi connectivity index (χ1n) is 10.6. The van der Waals surface area contributed by atoms with Gasteiger partial charge in [-0.05, 0) is 49.9 Å². The molecule has 1 saturated carbocycles. The van der Waals surface area contributed by atoms with Crippen molar-refractivity contribution < 1.29 is 14.3 Å². The van der Waals surface area contributed by atoms with Crippen molar-refractivity contribution in [2.75, 3.05) is 7.11 Å². The van der Waals surface area contributed by atoms with Crippen molar-refractivity contribution in [1.82, 2.24) is 20.1 Å². The van der Waals surface area contributed by atoms with Crippen LogP contribution in [0.5, 0.6) is 11.6 Å². The number of nitrogens with one attached hydrogen (secondary N) is 1. The van der Waals surface area contributed by atoms with Crippen LogP contribution in [0.15, 0.2) is 48.7 Å². The molecule has 0 saturated heterocycles. The van der Waals surface area contributed by atoms with E-state index in [1.807, 2.05) is 30.3 Å². The topological polar surface area (TPSA) is 102 Å². The van der Waals surface area contributed by atoms with Crippen LogP contribution in [0.4, 0.5) is 0 Å². The fourth-order valence-electron chi connectivity index (χ4n) is 3.94. The zero-order chi connectivity index (χ0) is 22.5. The minimum atomic E-state index is -0.140. The predicted molar refractivity (Wildman–Crippen MR) is 118 cm³/mol. The first-order chi connectivity index (χ1) is 15.6. The molecule has 8 nitrogen and oxygen atoms in total. The van der Waals surface area contributed by atoms with E-state index in [9.17, 15) is 4.79 Å². The molecular weight excluding hydrogens is 406 g/mol. The summed E-state index contributed by atoms with van der Waals surface area (Å²) in [6.07, 6.45) is 4.86. The summed E-state index contributed by atoms with van der Waals surface area (Å²) in [5.74, 6) is 1.10. The van der Waals surface area contributed by atoms with Crippen LogP contribution < -0.4 is 14.8 Å². The Labute approximate surface area is 186 Å². The normalized spacial score (nSPS) is 17.9. The number of aryl methyl sites for hydroxylation is 1. The summed E-state index contributed by atoms with van der Waals surface area (Å²) >= 11 is 0. The number of methoxy groups -OCH3 is 1. The van der Waals surface area contributed by atoms with Gasteiger partial charge >= 0.3 is 0 Å². The Balaban J connectivity index is 1.34. The monoisotopic (exact) mass is 431 g/mol. The van der Waals surface area contributed by atoms with Gasteiger partial charge in [0.05, 0.1) is 18.4 Å². The van der Waals surface area contributed by atoms with Crippen molar-refractivity contribution in [3.63, 3.8) is 0 Å². The van der Waals surface area contributed by atoms with Crippen molar-refractivity contribution in [2.24, 2.45) is 7.05 Å². The molecule has 0 aliphatic heterocycles. The molecule has 1 aromatic carbocycles. The quantitative estimate of drug-likeness (QED) is 0.641. The highest BCUT2D eigenvalue weighted by Crippen LogP contribution is 2.29. The second kappa shape index (κ2) is 9.52. The van der Waals surface area contributed by atoms with Crippen molar-refractivity contribution in [3.8, 4) is 29.0 Å². The molecule has 1 fully saturated rings. The summed E-state index contributed by atoms with van der Waals surface area (Å²) in [6.45, 7) is 0. The van der Waals surface area contributed by atoms with Crippen LogP contribution in [-0.4, -0.2) is 39.9 Å². The lowest BCUT2D eigenvalue weighted by atomic mass is 9.93. The van der Waals surface area contributed by atoms with Crippen LogP contribution in [0.1, 0.15) is 41.7 Å². The second-order valence-electron chi connectivity index (χ2n) is 7.80. The molecule has 164 valence electrons. The van der Waals surface area contributed by atoms with Crippen molar-refractivity contribution in [1.29, 1.82) is 5.26 Å². The summed E-state index contributed by atoms with van der Waals surface area (Å²) in [6, 6.07) is 14.9. The number of rotatable bonds is 6. The number of pyridine rings is 1. The summed E-state index contributed by atoms with van der Waals surface area (Å²) in [4.78, 5) is 17.1. The van der Waals surface area contributed by atoms with Gasteiger partial charge in [-0.25, -0.2) is 4.98 Å². The van der Waals surface area contributed by atoms with Crippen molar-refractivity contribution >= 4 is 5.91 Å². The Bertz CT molecular complexity index is 1130. The molecule has 1 N–H and O–H groups in total. The number of hydrogen-bond acceptors (Lipinski definition) is 6. The van der Waals surface area contributed by atoms with Gasteiger partial charge in [0.15, 0.2) is 0 Å². The highest BCUT2D eigenvalue weighted by atomic mass is 16.5. The zero-order valence-electron chi connectivity index (χ0n) is 18.1. The number of nitrogens with zero attached hydrogens (tertiary/aromatic N) is 4. The molecule has 3 aromatic rings. The Morgan fingerprint density at radius 3 is 2.66 bits per heavy atom. The molecule has 32 heavy (non-hydrogen) atoms. The van der Waals surface area contributed by atoms with E-state index in [1.54, 1.807) is 37.0 Å². The van der Waals surface area contributed by atoms with Crippen LogP contribution in [-0.2, 0) is 7.05 Å². The SMILES string of the molecule is COc1ccccc1-c1cc(C(=O)NC2CCC(Oc3ccc(C#N)cn3)CC2)n(C)n1. The van der Waals surface area contributed by atoms with Gasteiger partial charge < -0.3 is 14.8 Å². The Morgan fingerprint density at radius 2 is 1.97 bits per heavy atom. The van der Waals surface area contributed by atoms with Crippen molar-refractivity contribution in [2.45, 2.75) is 37.8 Å². The summed E-state index contributed by atoms with van der Waals surface area (Å²) in [7, 11) is 3.38. The number of amides is 1. The average molecular weight is 431 g/mol. The van der Waals surface area contributed by atoms with E-state index in [1.165, 1.54) is 6.20 Å². The Morgan fingerprint density at radius 1 is 1.19 bits per heavy atom. The lowest BCUT2D eigenvalue weighted by Gasteiger charge is -2.29. The van der Waals surface area contributed by atoms with Gasteiger partial charge in [0.25, 0.3) is 5.91 Å². The van der Waals surface area contributed by atoms with E-state index < -0.39 is 0 Å². The van der Waals surface area contributed by atoms with E-state index in [0.717, 1.165) is 31.2 Å². The van der Waals surface area contributed by atoms with Gasteiger partial charge in [0, 0.05) is 30.9 Å². The van der Waals surface area contributed by atoms with Gasteiger partial charge in [0.1, 0.15) is 23.6 Å². The van der Waals surface area contributed by atoms with E-state index in [2.05, 4.69) is 15.4 Å². The van der Waals surface area contributed by atoms with Gasteiger partial charge in [-0.1, -0.05) is 12.1 Å². The lowest BCUT2D eigenvalue weighted by Crippen LogP contribution is -2.40. The van der Waals surface area contributed by atoms with E-state index >= 15 is 0 Å². The van der Waals surface area contributed by atoms with E-state index in [4.69, 9.17) is 14.7 Å². The molecule has 2 aromatic heterocycles. The molecule has 4 rings (SSSR count). The Kier molecular flexibility index (Phi) is 6.36. The van der Waals surface area contributed by atoms with E-state index in [0.29, 0.717) is 28.6 Å². The maximum atomic E-state index is 12.9. The third-order valence-corrected chi connectivity index (χ3v) is 5.66. The number of carbonyl (C=O) groups is 1. The molecule has 0 spiro atoms. The molecule has 1 aliphatic carbocycles. The number of ether oxygens (including phenoxy) is 2. The zero-order valence-corrected chi connectivity index (χ0v) is 18.1. The van der Waals surface area contributed by atoms with Crippen LogP contribution in [0.25, 0.3) is 11.3 Å². The molecule has 2 heterocycles. The summed E-state index contributed by atoms with van der Waals surface area (Å²) < 4.78 is 12.9. The highest BCUT2D eigenvalue weighted by Gasteiger charge is 2.25. The van der Waals surface area contributed by atoms with Gasteiger partial charge in [-0.2, -0.15) is 10.4 Å². The molecule has 0 unspecified atom stereocenters. The number of hydrogen-bond donors (Lipinski definition) is 1. The molecular formula is C24H25N5O3. The largest absolute Gasteiger partial charge is 0.496 e. The number of carbonyl (C=O) groups excluding carboxylic acids is 1. The van der Waals surface area contributed by atoms with Gasteiger partial charge in [0.2, 0.25) is 5.88 Å². The summed E-state index contributed by atoms with van der Waals surface area (Å²) in [5, 5.41) is 16.5. The molecule has 0 atom stereocenters. The number of aromatic nitrogens is 3.